The third kappa shape index (κ3) is 6.44. The van der Waals surface area contributed by atoms with Gasteiger partial charge in [-0.15, -0.1) is 0 Å². The minimum Gasteiger partial charge on any atom is -0.301 e. The highest BCUT2D eigenvalue weighted by Gasteiger charge is 2.31. The molecule has 2 unspecified atom stereocenters. The average Bonchev–Trinajstić information content (AvgIpc) is 1.97. The standard InChI is InChI=1S/C10H21FNOP/c1-8(2)6-10(11,4-5-12-14)7-9(3)13/h8,12H,4-7,14H2,1-3H3. The Morgan fingerprint density at radius 3 is 2.50 bits per heavy atom. The summed E-state index contributed by atoms with van der Waals surface area (Å²) in [4.78, 5) is 10.9. The minimum atomic E-state index is -1.33. The number of nitrogens with one attached hydrogen (secondary N) is 1. The largest absolute Gasteiger partial charge is 0.301 e. The summed E-state index contributed by atoms with van der Waals surface area (Å²) in [5, 5.41) is 2.84. The lowest BCUT2D eigenvalue weighted by Crippen LogP contribution is -2.30. The summed E-state index contributed by atoms with van der Waals surface area (Å²) in [6.45, 7) is 5.98. The number of Topliss-reactive ketones (excluding diaryl/α,β-unsaturated/α-hetero) is 1. The second-order valence-electron chi connectivity index (χ2n) is 4.33. The van der Waals surface area contributed by atoms with Crippen LogP contribution in [0, 0.1) is 5.92 Å². The molecule has 0 spiro atoms. The van der Waals surface area contributed by atoms with Gasteiger partial charge in [0, 0.05) is 13.0 Å². The van der Waals surface area contributed by atoms with E-state index in [1.54, 1.807) is 0 Å². The Morgan fingerprint density at radius 2 is 2.14 bits per heavy atom. The zero-order valence-electron chi connectivity index (χ0n) is 9.27. The topological polar surface area (TPSA) is 29.1 Å². The van der Waals surface area contributed by atoms with E-state index in [-0.39, 0.29) is 18.1 Å². The first-order valence-electron chi connectivity index (χ1n) is 5.01. The molecule has 4 heteroatoms. The second-order valence-corrected chi connectivity index (χ2v) is 4.74. The SMILES string of the molecule is CC(=O)CC(F)(CCNP)CC(C)C. The lowest BCUT2D eigenvalue weighted by Gasteiger charge is -2.26. The number of halogens is 1. The third-order valence-electron chi connectivity index (χ3n) is 2.06. The first-order chi connectivity index (χ1) is 6.39. The van der Waals surface area contributed by atoms with Gasteiger partial charge in [0.05, 0.1) is 0 Å². The minimum absolute atomic E-state index is 0.0392. The first-order valence-corrected chi connectivity index (χ1v) is 5.59. The molecule has 0 aromatic carbocycles. The maximum atomic E-state index is 14.2. The Morgan fingerprint density at radius 1 is 1.57 bits per heavy atom. The summed E-state index contributed by atoms with van der Waals surface area (Å²) < 4.78 is 14.2. The smallest absolute Gasteiger partial charge is 0.133 e. The molecule has 2 atom stereocenters. The summed E-state index contributed by atoms with van der Waals surface area (Å²) in [6, 6.07) is 0. The lowest BCUT2D eigenvalue weighted by molar-refractivity contribution is -0.120. The van der Waals surface area contributed by atoms with Crippen LogP contribution in [0.15, 0.2) is 0 Å². The summed E-state index contributed by atoms with van der Waals surface area (Å²) in [6.07, 6.45) is 0.894. The Bertz CT molecular complexity index is 187. The van der Waals surface area contributed by atoms with Crippen LogP contribution in [-0.4, -0.2) is 18.0 Å². The fourth-order valence-corrected chi connectivity index (χ4v) is 1.88. The van der Waals surface area contributed by atoms with Crippen molar-refractivity contribution in [3.05, 3.63) is 0 Å². The normalized spacial score (nSPS) is 15.6. The number of ketones is 1. The fourth-order valence-electron chi connectivity index (χ4n) is 1.74. The molecule has 84 valence electrons. The molecule has 0 aromatic heterocycles. The maximum Gasteiger partial charge on any atom is 0.133 e. The van der Waals surface area contributed by atoms with Crippen molar-refractivity contribution in [3.8, 4) is 0 Å². The molecule has 14 heavy (non-hydrogen) atoms. The van der Waals surface area contributed by atoms with Gasteiger partial charge >= 0.3 is 0 Å². The molecule has 2 nitrogen and oxygen atoms in total. The highest BCUT2D eigenvalue weighted by Crippen LogP contribution is 2.29. The number of carbonyl (C=O) groups excluding carboxylic acids is 1. The van der Waals surface area contributed by atoms with Crippen molar-refractivity contribution in [2.75, 3.05) is 6.54 Å². The Balaban J connectivity index is 4.24. The van der Waals surface area contributed by atoms with Gasteiger partial charge in [-0.1, -0.05) is 23.2 Å². The zero-order chi connectivity index (χ0) is 11.2. The van der Waals surface area contributed by atoms with Crippen molar-refractivity contribution in [3.63, 3.8) is 0 Å². The van der Waals surface area contributed by atoms with E-state index < -0.39 is 5.67 Å². The van der Waals surface area contributed by atoms with E-state index in [0.717, 1.165) is 0 Å². The predicted octanol–water partition coefficient (Wildman–Crippen LogP) is 2.49. The highest BCUT2D eigenvalue weighted by molar-refractivity contribution is 7.13. The fraction of sp³-hybridized carbons (Fsp3) is 0.900. The molecule has 0 aliphatic rings. The molecular formula is C10H21FNOP. The van der Waals surface area contributed by atoms with Crippen molar-refractivity contribution in [1.29, 1.82) is 0 Å². The van der Waals surface area contributed by atoms with E-state index in [4.69, 9.17) is 0 Å². The van der Waals surface area contributed by atoms with Crippen LogP contribution < -0.4 is 5.09 Å². The number of hydrogen-bond donors (Lipinski definition) is 1. The van der Waals surface area contributed by atoms with Crippen molar-refractivity contribution >= 4 is 15.2 Å². The van der Waals surface area contributed by atoms with E-state index in [0.29, 0.717) is 19.4 Å². The lowest BCUT2D eigenvalue weighted by atomic mass is 9.87. The maximum absolute atomic E-state index is 14.2. The van der Waals surface area contributed by atoms with Gasteiger partial charge in [0.15, 0.2) is 0 Å². The summed E-state index contributed by atoms with van der Waals surface area (Å²) in [5.74, 6) is 0.209. The Labute approximate surface area is 88.3 Å². The Kier molecular flexibility index (Phi) is 6.46. The van der Waals surface area contributed by atoms with Crippen LogP contribution in [0.3, 0.4) is 0 Å². The molecule has 0 amide bonds. The summed E-state index contributed by atoms with van der Waals surface area (Å²) >= 11 is 0. The van der Waals surface area contributed by atoms with E-state index >= 15 is 0 Å². The molecule has 0 bridgehead atoms. The van der Waals surface area contributed by atoms with Crippen molar-refractivity contribution in [2.24, 2.45) is 5.92 Å². The van der Waals surface area contributed by atoms with Crippen molar-refractivity contribution < 1.29 is 9.18 Å². The van der Waals surface area contributed by atoms with Crippen molar-refractivity contribution in [2.45, 2.75) is 45.7 Å². The summed E-state index contributed by atoms with van der Waals surface area (Å²) in [5.41, 5.74) is -1.33. The number of alkyl halides is 1. The molecule has 0 radical (unpaired) electrons. The molecular weight excluding hydrogens is 200 g/mol. The van der Waals surface area contributed by atoms with Gasteiger partial charge in [-0.05, 0) is 25.7 Å². The van der Waals surface area contributed by atoms with Crippen LogP contribution in [0.4, 0.5) is 4.39 Å². The molecule has 1 N–H and O–H groups in total. The third-order valence-corrected chi connectivity index (χ3v) is 2.35. The monoisotopic (exact) mass is 221 g/mol. The van der Waals surface area contributed by atoms with Gasteiger partial charge < -0.3 is 5.09 Å². The van der Waals surface area contributed by atoms with Crippen LogP contribution >= 0.6 is 9.39 Å². The summed E-state index contributed by atoms with van der Waals surface area (Å²) in [7, 11) is 2.35. The van der Waals surface area contributed by atoms with E-state index in [1.807, 2.05) is 13.8 Å². The van der Waals surface area contributed by atoms with Crippen LogP contribution in [0.2, 0.25) is 0 Å². The molecule has 0 saturated heterocycles. The highest BCUT2D eigenvalue weighted by atomic mass is 31.0. The van der Waals surface area contributed by atoms with E-state index in [9.17, 15) is 9.18 Å². The van der Waals surface area contributed by atoms with Gasteiger partial charge in [-0.25, -0.2) is 4.39 Å². The first kappa shape index (κ1) is 14.0. The van der Waals surface area contributed by atoms with Crippen LogP contribution in [0.1, 0.15) is 40.0 Å². The quantitative estimate of drug-likeness (QED) is 0.669. The average molecular weight is 221 g/mol. The second kappa shape index (κ2) is 6.47. The van der Waals surface area contributed by atoms with E-state index in [2.05, 4.69) is 14.5 Å². The molecule has 0 aliphatic heterocycles. The molecule has 0 aliphatic carbocycles. The molecule has 0 fully saturated rings. The van der Waals surface area contributed by atoms with Gasteiger partial charge in [0.25, 0.3) is 0 Å². The van der Waals surface area contributed by atoms with Gasteiger partial charge in [-0.3, -0.25) is 4.79 Å². The Hall–Kier alpha value is -0.0100. The van der Waals surface area contributed by atoms with Gasteiger partial charge in [-0.2, -0.15) is 0 Å². The van der Waals surface area contributed by atoms with Crippen LogP contribution in [0.5, 0.6) is 0 Å². The molecule has 0 rings (SSSR count). The number of hydrogen-bond acceptors (Lipinski definition) is 2. The van der Waals surface area contributed by atoms with Gasteiger partial charge in [0.2, 0.25) is 0 Å². The van der Waals surface area contributed by atoms with Gasteiger partial charge in [0.1, 0.15) is 11.5 Å². The number of rotatable bonds is 7. The molecule has 0 aromatic rings. The zero-order valence-corrected chi connectivity index (χ0v) is 10.4. The van der Waals surface area contributed by atoms with Crippen molar-refractivity contribution in [1.82, 2.24) is 5.09 Å². The van der Waals surface area contributed by atoms with E-state index in [1.165, 1.54) is 6.92 Å². The molecule has 0 saturated carbocycles. The predicted molar refractivity (Wildman–Crippen MR) is 60.9 cm³/mol. The number of carbonyl (C=O) groups is 1. The molecule has 0 heterocycles. The van der Waals surface area contributed by atoms with Crippen LogP contribution in [-0.2, 0) is 4.79 Å². The van der Waals surface area contributed by atoms with Crippen LogP contribution in [0.25, 0.3) is 0 Å².